The Morgan fingerprint density at radius 2 is 1.65 bits per heavy atom. The first-order valence-corrected chi connectivity index (χ1v) is 7.03. The molecule has 4 heteroatoms. The molecule has 1 N–H and O–H groups in total. The van der Waals surface area contributed by atoms with Crippen LogP contribution in [0.1, 0.15) is 0 Å². The Balaban J connectivity index is 1.73. The summed E-state index contributed by atoms with van der Waals surface area (Å²) in [5.41, 5.74) is 0. The topological polar surface area (TPSA) is 38.7 Å². The molecule has 0 saturated heterocycles. The minimum atomic E-state index is 0.278. The monoisotopic (exact) mass is 286 g/mol. The fraction of sp³-hybridized carbons (Fsp3) is 0.125. The highest BCUT2D eigenvalue weighted by Gasteiger charge is 1.98. The van der Waals surface area contributed by atoms with Gasteiger partial charge in [0.25, 0.3) is 0 Å². The van der Waals surface area contributed by atoms with Gasteiger partial charge in [0.15, 0.2) is 0 Å². The molecular weight excluding hydrogens is 272 g/mol. The molecule has 0 unspecified atom stereocenters. The molecule has 0 bridgehead atoms. The number of phenolic OH excluding ortho intramolecular Hbond substituents is 1. The van der Waals surface area contributed by atoms with E-state index < -0.39 is 0 Å². The van der Waals surface area contributed by atoms with Gasteiger partial charge in [-0.15, -0.1) is 11.8 Å². The van der Waals surface area contributed by atoms with Gasteiger partial charge in [0, 0.05) is 10.6 Å². The van der Waals surface area contributed by atoms with Gasteiger partial charge in [0.2, 0.25) is 0 Å². The van der Waals surface area contributed by atoms with E-state index in [1.54, 1.807) is 36.0 Å². The van der Waals surface area contributed by atoms with Crippen molar-refractivity contribution in [1.29, 1.82) is 0 Å². The lowest BCUT2D eigenvalue weighted by atomic mass is 10.3. The molecule has 0 saturated carbocycles. The first-order valence-electron chi connectivity index (χ1n) is 6.05. The van der Waals surface area contributed by atoms with Gasteiger partial charge in [-0.3, -0.25) is 0 Å². The Bertz CT molecular complexity index is 570. The van der Waals surface area contributed by atoms with Crippen molar-refractivity contribution < 1.29 is 14.6 Å². The lowest BCUT2D eigenvalue weighted by Crippen LogP contribution is -1.99. The SMILES string of the molecule is C#COc1ccc(OCCSc2ccc(O)cc2)cc1. The van der Waals surface area contributed by atoms with Crippen molar-refractivity contribution in [3.05, 3.63) is 48.5 Å². The van der Waals surface area contributed by atoms with E-state index in [0.29, 0.717) is 12.4 Å². The summed E-state index contributed by atoms with van der Waals surface area (Å²) in [4.78, 5) is 1.10. The molecule has 2 aromatic rings. The summed E-state index contributed by atoms with van der Waals surface area (Å²) in [5, 5.41) is 9.18. The number of phenols is 1. The lowest BCUT2D eigenvalue weighted by molar-refractivity contribution is 0.343. The van der Waals surface area contributed by atoms with Crippen LogP contribution >= 0.6 is 11.8 Å². The second-order valence-corrected chi connectivity index (χ2v) is 5.05. The van der Waals surface area contributed by atoms with Gasteiger partial charge in [-0.1, -0.05) is 6.42 Å². The molecular formula is C16H14O3S. The van der Waals surface area contributed by atoms with Gasteiger partial charge in [-0.25, -0.2) is 0 Å². The van der Waals surface area contributed by atoms with Gasteiger partial charge in [0.05, 0.1) is 6.61 Å². The van der Waals surface area contributed by atoms with E-state index in [4.69, 9.17) is 15.9 Å². The second-order valence-electron chi connectivity index (χ2n) is 3.88. The molecule has 0 heterocycles. The summed E-state index contributed by atoms with van der Waals surface area (Å²) in [6, 6.07) is 14.3. The average molecular weight is 286 g/mol. The van der Waals surface area contributed by atoms with E-state index in [9.17, 15) is 5.11 Å². The van der Waals surface area contributed by atoms with E-state index in [1.165, 1.54) is 0 Å². The van der Waals surface area contributed by atoms with Crippen molar-refractivity contribution in [2.45, 2.75) is 4.90 Å². The fourth-order valence-electron chi connectivity index (χ4n) is 1.53. The van der Waals surface area contributed by atoms with Gasteiger partial charge in [-0.2, -0.15) is 0 Å². The van der Waals surface area contributed by atoms with Crippen LogP contribution in [0.4, 0.5) is 0 Å². The maximum atomic E-state index is 9.18. The van der Waals surface area contributed by atoms with Gasteiger partial charge < -0.3 is 14.6 Å². The number of aromatic hydroxyl groups is 1. The number of hydrogen-bond acceptors (Lipinski definition) is 4. The van der Waals surface area contributed by atoms with E-state index in [0.717, 1.165) is 16.4 Å². The molecule has 0 atom stereocenters. The zero-order chi connectivity index (χ0) is 14.2. The van der Waals surface area contributed by atoms with E-state index >= 15 is 0 Å². The summed E-state index contributed by atoms with van der Waals surface area (Å²) < 4.78 is 10.5. The van der Waals surface area contributed by atoms with Crippen LogP contribution in [0.15, 0.2) is 53.4 Å². The first-order chi connectivity index (χ1) is 9.78. The van der Waals surface area contributed by atoms with Crippen LogP contribution < -0.4 is 9.47 Å². The molecule has 0 amide bonds. The third kappa shape index (κ3) is 4.45. The highest BCUT2D eigenvalue weighted by atomic mass is 32.2. The van der Waals surface area contributed by atoms with Crippen LogP contribution in [0.5, 0.6) is 17.2 Å². The van der Waals surface area contributed by atoms with E-state index in [-0.39, 0.29) is 5.75 Å². The van der Waals surface area contributed by atoms with Crippen molar-refractivity contribution >= 4 is 11.8 Å². The maximum absolute atomic E-state index is 9.18. The normalized spacial score (nSPS) is 9.75. The van der Waals surface area contributed by atoms with Gasteiger partial charge >= 0.3 is 0 Å². The Kier molecular flexibility index (Phi) is 5.22. The summed E-state index contributed by atoms with van der Waals surface area (Å²) in [7, 11) is 0. The molecule has 2 aromatic carbocycles. The molecule has 0 aliphatic heterocycles. The third-order valence-electron chi connectivity index (χ3n) is 2.46. The number of thioether (sulfide) groups is 1. The van der Waals surface area contributed by atoms with Crippen LogP contribution in [0.2, 0.25) is 0 Å². The van der Waals surface area contributed by atoms with E-state index in [2.05, 4.69) is 6.11 Å². The van der Waals surface area contributed by atoms with Crippen LogP contribution in [-0.4, -0.2) is 17.5 Å². The molecule has 20 heavy (non-hydrogen) atoms. The second kappa shape index (κ2) is 7.37. The Labute approximate surface area is 122 Å². The standard InChI is InChI=1S/C16H14O3S/c1-2-18-14-5-7-15(8-6-14)19-11-12-20-16-9-3-13(17)4-10-16/h1,3-10,17H,11-12H2. The van der Waals surface area contributed by atoms with Crippen LogP contribution in [0.25, 0.3) is 0 Å². The predicted molar refractivity (Wildman–Crippen MR) is 80.2 cm³/mol. The molecule has 2 rings (SSSR count). The summed E-state index contributed by atoms with van der Waals surface area (Å²) in [5.74, 6) is 2.51. The van der Waals surface area contributed by atoms with Crippen molar-refractivity contribution in [1.82, 2.24) is 0 Å². The number of rotatable bonds is 6. The highest BCUT2D eigenvalue weighted by molar-refractivity contribution is 7.99. The van der Waals surface area contributed by atoms with Crippen molar-refractivity contribution in [2.24, 2.45) is 0 Å². The quantitative estimate of drug-likeness (QED) is 0.501. The zero-order valence-electron chi connectivity index (χ0n) is 10.8. The summed E-state index contributed by atoms with van der Waals surface area (Å²) in [6.45, 7) is 0.598. The van der Waals surface area contributed by atoms with Crippen molar-refractivity contribution in [3.8, 4) is 29.8 Å². The number of hydrogen-bond donors (Lipinski definition) is 1. The van der Waals surface area contributed by atoms with E-state index in [1.807, 2.05) is 24.3 Å². The molecule has 0 aliphatic rings. The smallest absolute Gasteiger partial charge is 0.140 e. The molecule has 0 spiro atoms. The Hall–Kier alpha value is -2.25. The minimum Gasteiger partial charge on any atom is -0.508 e. The third-order valence-corrected chi connectivity index (χ3v) is 3.43. The largest absolute Gasteiger partial charge is 0.508 e. The number of benzene rings is 2. The average Bonchev–Trinajstić information content (AvgIpc) is 2.47. The molecule has 102 valence electrons. The Morgan fingerprint density at radius 3 is 2.30 bits per heavy atom. The van der Waals surface area contributed by atoms with Crippen LogP contribution in [-0.2, 0) is 0 Å². The summed E-state index contributed by atoms with van der Waals surface area (Å²) in [6.07, 6.45) is 7.16. The Morgan fingerprint density at radius 1 is 1.00 bits per heavy atom. The highest BCUT2D eigenvalue weighted by Crippen LogP contribution is 2.21. The number of ether oxygens (including phenoxy) is 2. The van der Waals surface area contributed by atoms with Crippen molar-refractivity contribution in [2.75, 3.05) is 12.4 Å². The van der Waals surface area contributed by atoms with Crippen molar-refractivity contribution in [3.63, 3.8) is 0 Å². The first kappa shape index (κ1) is 14.2. The molecule has 3 nitrogen and oxygen atoms in total. The van der Waals surface area contributed by atoms with Crippen LogP contribution in [0, 0.1) is 12.5 Å². The lowest BCUT2D eigenvalue weighted by Gasteiger charge is -2.06. The minimum absolute atomic E-state index is 0.278. The fourth-order valence-corrected chi connectivity index (χ4v) is 2.26. The number of terminal acetylenes is 1. The predicted octanol–water partition coefficient (Wildman–Crippen LogP) is 3.53. The van der Waals surface area contributed by atoms with Gasteiger partial charge in [-0.05, 0) is 48.5 Å². The maximum Gasteiger partial charge on any atom is 0.140 e. The molecule has 0 radical (unpaired) electrons. The van der Waals surface area contributed by atoms with Gasteiger partial charge in [0.1, 0.15) is 23.4 Å². The zero-order valence-corrected chi connectivity index (χ0v) is 11.6. The molecule has 0 fully saturated rings. The molecule has 0 aliphatic carbocycles. The summed E-state index contributed by atoms with van der Waals surface area (Å²) >= 11 is 1.67. The molecule has 0 aromatic heterocycles. The van der Waals surface area contributed by atoms with Crippen LogP contribution in [0.3, 0.4) is 0 Å².